The van der Waals surface area contributed by atoms with Gasteiger partial charge in [-0.2, -0.15) is 0 Å². The number of hydrogen-bond donors (Lipinski definition) is 12. The Hall–Kier alpha value is 1.50. The topological polar surface area (TPSA) is 256 Å². The summed E-state index contributed by atoms with van der Waals surface area (Å²) in [6.07, 6.45) is -5.19. The Bertz CT molecular complexity index is 546. The molecule has 0 aromatic carbocycles. The fourth-order valence-electron chi connectivity index (χ4n) is 5.38. The Morgan fingerprint density at radius 1 is 0.200 bits per heavy atom. The third-order valence-electron chi connectivity index (χ3n) is 6.27. The van der Waals surface area contributed by atoms with Gasteiger partial charge in [0.15, 0.2) is 0 Å². The van der Waals surface area contributed by atoms with Crippen LogP contribution >= 0.6 is 0 Å². The number of aliphatic hydroxyl groups is 12. The summed E-state index contributed by atoms with van der Waals surface area (Å²) >= 11 is 0. The van der Waals surface area contributed by atoms with Crippen molar-refractivity contribution in [3.05, 3.63) is 0 Å². The van der Waals surface area contributed by atoms with Crippen LogP contribution in [0.5, 0.6) is 0 Å². The van der Waals surface area contributed by atoms with Gasteiger partial charge in [-0.3, -0.25) is 19.6 Å². The molecule has 12 unspecified atom stereocenters. The molecule has 0 spiro atoms. The molecule has 0 saturated heterocycles. The Labute approximate surface area is 378 Å². The molecule has 19 heteroatoms. The first-order valence-electron chi connectivity index (χ1n) is 18.7. The van der Waals surface area contributed by atoms with Gasteiger partial charge in [-0.15, -0.1) is 0 Å². The van der Waals surface area contributed by atoms with Crippen LogP contribution in [0.1, 0.15) is 83.1 Å². The SMILES string of the molecule is CC(O)CN(CC(C)O)CC(C)O.CC(O)CN(CC(C)O)CC(C)O.CC(O)CN(CC(C)O)CC(C)O.CC(O)CN(CC(C)O)CC(C)O.[Ti].[Ti].[Ti]. The fraction of sp³-hybridized carbons (Fsp3) is 1.00. The van der Waals surface area contributed by atoms with Gasteiger partial charge >= 0.3 is 0 Å². The molecule has 0 aliphatic carbocycles. The Morgan fingerprint density at radius 3 is 0.291 bits per heavy atom. The van der Waals surface area contributed by atoms with Crippen LogP contribution in [0.25, 0.3) is 0 Å². The Balaban J connectivity index is -0.000000110. The molecule has 0 fully saturated rings. The number of hydrogen-bond acceptors (Lipinski definition) is 16. The van der Waals surface area contributed by atoms with Crippen molar-refractivity contribution in [2.75, 3.05) is 78.5 Å². The summed E-state index contributed by atoms with van der Waals surface area (Å²) in [5.74, 6) is 0. The van der Waals surface area contributed by atoms with Crippen molar-refractivity contribution in [1.29, 1.82) is 0 Å². The zero-order chi connectivity index (χ0) is 41.7. The molecule has 55 heavy (non-hydrogen) atoms. The molecule has 0 aromatic heterocycles. The maximum Gasteiger partial charge on any atom is 0.0639 e. The summed E-state index contributed by atoms with van der Waals surface area (Å²) in [4.78, 5) is 7.39. The molecule has 16 nitrogen and oxygen atoms in total. The van der Waals surface area contributed by atoms with Crippen LogP contribution in [-0.4, -0.2) is 233 Å². The summed E-state index contributed by atoms with van der Waals surface area (Å²) < 4.78 is 0. The van der Waals surface area contributed by atoms with E-state index in [4.69, 9.17) is 61.3 Å². The van der Waals surface area contributed by atoms with Gasteiger partial charge in [0.05, 0.1) is 73.2 Å². The summed E-state index contributed by atoms with van der Waals surface area (Å²) in [5.41, 5.74) is 0. The molecule has 0 saturated carbocycles. The average Bonchev–Trinajstić information content (AvgIpc) is 2.85. The van der Waals surface area contributed by atoms with Crippen LogP contribution in [0, 0.1) is 0 Å². The van der Waals surface area contributed by atoms with Crippen LogP contribution in [0.2, 0.25) is 0 Å². The van der Waals surface area contributed by atoms with Crippen molar-refractivity contribution in [3.8, 4) is 0 Å². The number of nitrogens with zero attached hydrogens (tertiary/aromatic N) is 4. The molecule has 12 atom stereocenters. The predicted molar refractivity (Wildman–Crippen MR) is 206 cm³/mol. The molecule has 0 bridgehead atoms. The van der Waals surface area contributed by atoms with Crippen molar-refractivity contribution in [3.63, 3.8) is 0 Å². The minimum absolute atomic E-state index is 0. The molecular weight excluding hydrogens is 824 g/mol. The molecule has 332 valence electrons. The van der Waals surface area contributed by atoms with Gasteiger partial charge in [0.25, 0.3) is 0 Å². The molecule has 0 radical (unpaired) electrons. The Kier molecular flexibility index (Phi) is 56.3. The van der Waals surface area contributed by atoms with E-state index in [1.807, 2.05) is 19.6 Å². The van der Waals surface area contributed by atoms with Gasteiger partial charge in [-0.1, -0.05) is 0 Å². The molecule has 0 heterocycles. The fourth-order valence-corrected chi connectivity index (χ4v) is 5.38. The minimum Gasteiger partial charge on any atom is -0.392 e. The zero-order valence-corrected chi connectivity index (χ0v) is 40.8. The maximum atomic E-state index is 9.14. The molecule has 0 aromatic rings. The first-order chi connectivity index (χ1) is 23.7. The minimum atomic E-state index is -0.433. The second kappa shape index (κ2) is 43.6. The molecular formula is C36H84N4O12Ti3. The normalized spacial score (nSPS) is 17.7. The Morgan fingerprint density at radius 2 is 0.255 bits per heavy atom. The van der Waals surface area contributed by atoms with Crippen molar-refractivity contribution in [2.45, 2.75) is 156 Å². The first kappa shape index (κ1) is 71.0. The second-order valence-corrected chi connectivity index (χ2v) is 15.1. The third-order valence-corrected chi connectivity index (χ3v) is 6.27. The van der Waals surface area contributed by atoms with Crippen molar-refractivity contribution in [1.82, 2.24) is 19.6 Å². The van der Waals surface area contributed by atoms with Crippen LogP contribution in [0.15, 0.2) is 0 Å². The van der Waals surface area contributed by atoms with Gasteiger partial charge < -0.3 is 61.3 Å². The van der Waals surface area contributed by atoms with Crippen molar-refractivity contribution < 1.29 is 126 Å². The van der Waals surface area contributed by atoms with Gasteiger partial charge in [0.1, 0.15) is 0 Å². The number of aliphatic hydroxyl groups excluding tert-OH is 12. The first-order valence-corrected chi connectivity index (χ1v) is 18.7. The van der Waals surface area contributed by atoms with Crippen LogP contribution in [0.4, 0.5) is 0 Å². The smallest absolute Gasteiger partial charge is 0.0639 e. The van der Waals surface area contributed by atoms with Crippen LogP contribution in [0.3, 0.4) is 0 Å². The van der Waals surface area contributed by atoms with E-state index < -0.39 is 73.2 Å². The molecule has 12 N–H and O–H groups in total. The van der Waals surface area contributed by atoms with E-state index in [2.05, 4.69) is 0 Å². The van der Waals surface area contributed by atoms with Crippen molar-refractivity contribution in [2.24, 2.45) is 0 Å². The van der Waals surface area contributed by atoms with E-state index >= 15 is 0 Å². The monoisotopic (exact) mass is 908 g/mol. The van der Waals surface area contributed by atoms with Crippen LogP contribution < -0.4 is 0 Å². The van der Waals surface area contributed by atoms with Gasteiger partial charge in [-0.05, 0) is 83.1 Å². The summed E-state index contributed by atoms with van der Waals surface area (Å²) in [6, 6.07) is 0. The van der Waals surface area contributed by atoms with Crippen molar-refractivity contribution >= 4 is 0 Å². The van der Waals surface area contributed by atoms with Crippen LogP contribution in [-0.2, 0) is 65.2 Å². The molecule has 0 rings (SSSR count). The second-order valence-electron chi connectivity index (χ2n) is 15.1. The van der Waals surface area contributed by atoms with Gasteiger partial charge in [0, 0.05) is 144 Å². The number of rotatable bonds is 24. The van der Waals surface area contributed by atoms with Gasteiger partial charge in [-0.25, -0.2) is 0 Å². The summed E-state index contributed by atoms with van der Waals surface area (Å²) in [5, 5.41) is 110. The third kappa shape index (κ3) is 64.8. The van der Waals surface area contributed by atoms with E-state index in [-0.39, 0.29) is 65.2 Å². The summed E-state index contributed by atoms with van der Waals surface area (Å²) in [6.45, 7) is 26.1. The zero-order valence-electron chi connectivity index (χ0n) is 36.1. The van der Waals surface area contributed by atoms with Gasteiger partial charge in [0.2, 0.25) is 0 Å². The largest absolute Gasteiger partial charge is 0.392 e. The average molecular weight is 909 g/mol. The maximum absolute atomic E-state index is 9.14. The standard InChI is InChI=1S/4C9H21NO3.3Ti/c4*1-7(11)4-10(5-8(2)12)6-9(3)13;;;/h4*7-9,11-13H,4-6H2,1-3H3;;;. The van der Waals surface area contributed by atoms with E-state index in [0.717, 1.165) is 0 Å². The molecule has 0 aliphatic heterocycles. The quantitative estimate of drug-likeness (QED) is 0.0456. The summed E-state index contributed by atoms with van der Waals surface area (Å²) in [7, 11) is 0. The van der Waals surface area contributed by atoms with E-state index in [9.17, 15) is 0 Å². The molecule has 0 amide bonds. The van der Waals surface area contributed by atoms with E-state index in [1.165, 1.54) is 0 Å². The van der Waals surface area contributed by atoms with E-state index in [0.29, 0.717) is 78.5 Å². The molecule has 0 aliphatic rings. The van der Waals surface area contributed by atoms with E-state index in [1.54, 1.807) is 83.1 Å². The predicted octanol–water partition coefficient (Wildman–Crippen LogP) is -2.28.